The maximum atomic E-state index is 5.63. The van der Waals surface area contributed by atoms with Crippen molar-refractivity contribution in [3.05, 3.63) is 35.4 Å². The quantitative estimate of drug-likeness (QED) is 0.755. The summed E-state index contributed by atoms with van der Waals surface area (Å²) in [6.45, 7) is 11.5. The van der Waals surface area contributed by atoms with Crippen LogP contribution in [0.1, 0.15) is 45.7 Å². The van der Waals surface area contributed by atoms with Gasteiger partial charge in [-0.15, -0.1) is 12.4 Å². The second kappa shape index (κ2) is 4.93. The van der Waals surface area contributed by atoms with E-state index >= 15 is 0 Å². The van der Waals surface area contributed by atoms with Crippen LogP contribution in [0.15, 0.2) is 29.3 Å². The molecule has 1 aliphatic heterocycles. The lowest BCUT2D eigenvalue weighted by Gasteiger charge is -2.19. The van der Waals surface area contributed by atoms with Crippen LogP contribution in [0.5, 0.6) is 0 Å². The molecule has 0 saturated carbocycles. The molecule has 0 fully saturated rings. The molecule has 18 heavy (non-hydrogen) atoms. The fourth-order valence-corrected chi connectivity index (χ4v) is 1.85. The minimum atomic E-state index is -0.0853. The van der Waals surface area contributed by atoms with E-state index in [1.54, 1.807) is 0 Å². The van der Waals surface area contributed by atoms with Crippen molar-refractivity contribution in [2.75, 3.05) is 6.61 Å². The lowest BCUT2D eigenvalue weighted by atomic mass is 9.87. The van der Waals surface area contributed by atoms with Gasteiger partial charge in [0.2, 0.25) is 5.90 Å². The highest BCUT2D eigenvalue weighted by molar-refractivity contribution is 5.95. The Labute approximate surface area is 116 Å². The second-order valence-corrected chi connectivity index (χ2v) is 6.35. The second-order valence-electron chi connectivity index (χ2n) is 6.35. The molecule has 0 aromatic heterocycles. The van der Waals surface area contributed by atoms with Gasteiger partial charge in [-0.25, -0.2) is 4.99 Å². The molecule has 0 N–H and O–H groups in total. The van der Waals surface area contributed by atoms with Gasteiger partial charge < -0.3 is 4.74 Å². The lowest BCUT2D eigenvalue weighted by Crippen LogP contribution is -2.17. The van der Waals surface area contributed by atoms with E-state index in [1.807, 2.05) is 0 Å². The van der Waals surface area contributed by atoms with Crippen molar-refractivity contribution in [1.82, 2.24) is 0 Å². The van der Waals surface area contributed by atoms with Crippen LogP contribution >= 0.6 is 12.4 Å². The monoisotopic (exact) mass is 267 g/mol. The molecule has 1 aromatic rings. The molecule has 3 heteroatoms. The molecule has 0 radical (unpaired) electrons. The molecule has 2 rings (SSSR count). The van der Waals surface area contributed by atoms with Crippen molar-refractivity contribution >= 4 is 18.3 Å². The van der Waals surface area contributed by atoms with Gasteiger partial charge >= 0.3 is 0 Å². The van der Waals surface area contributed by atoms with E-state index in [0.29, 0.717) is 6.61 Å². The normalized spacial score (nSPS) is 17.7. The maximum absolute atomic E-state index is 5.63. The molecule has 100 valence electrons. The molecule has 0 unspecified atom stereocenters. The third-order valence-electron chi connectivity index (χ3n) is 2.96. The van der Waals surface area contributed by atoms with Gasteiger partial charge in [0.1, 0.15) is 6.61 Å². The van der Waals surface area contributed by atoms with Crippen molar-refractivity contribution in [3.8, 4) is 0 Å². The highest BCUT2D eigenvalue weighted by Crippen LogP contribution is 2.24. The smallest absolute Gasteiger partial charge is 0.216 e. The summed E-state index contributed by atoms with van der Waals surface area (Å²) in [6, 6.07) is 8.51. The highest BCUT2D eigenvalue weighted by Gasteiger charge is 2.27. The van der Waals surface area contributed by atoms with Crippen LogP contribution in [-0.4, -0.2) is 18.0 Å². The third kappa shape index (κ3) is 3.26. The average molecular weight is 268 g/mol. The van der Waals surface area contributed by atoms with E-state index in [4.69, 9.17) is 4.74 Å². The van der Waals surface area contributed by atoms with Crippen LogP contribution in [0.4, 0.5) is 0 Å². The van der Waals surface area contributed by atoms with Gasteiger partial charge in [0.05, 0.1) is 5.54 Å². The highest BCUT2D eigenvalue weighted by atomic mass is 35.5. The summed E-state index contributed by atoms with van der Waals surface area (Å²) in [5, 5.41) is 0. The Bertz CT molecular complexity index is 441. The Morgan fingerprint density at radius 2 is 1.67 bits per heavy atom. The van der Waals surface area contributed by atoms with Crippen molar-refractivity contribution in [3.63, 3.8) is 0 Å². The number of hydrogen-bond donors (Lipinski definition) is 0. The van der Waals surface area contributed by atoms with Crippen LogP contribution in [-0.2, 0) is 10.2 Å². The summed E-state index contributed by atoms with van der Waals surface area (Å²) in [5.74, 6) is 0.774. The molecule has 1 aliphatic rings. The van der Waals surface area contributed by atoms with Crippen molar-refractivity contribution in [1.29, 1.82) is 0 Å². The largest absolute Gasteiger partial charge is 0.475 e. The van der Waals surface area contributed by atoms with E-state index in [-0.39, 0.29) is 23.4 Å². The summed E-state index contributed by atoms with van der Waals surface area (Å²) in [5.41, 5.74) is 2.51. The van der Waals surface area contributed by atoms with E-state index < -0.39 is 0 Å². The predicted octanol–water partition coefficient (Wildman–Crippen LogP) is 3.96. The van der Waals surface area contributed by atoms with Gasteiger partial charge in [-0.2, -0.15) is 0 Å². The Morgan fingerprint density at radius 1 is 1.11 bits per heavy atom. The van der Waals surface area contributed by atoms with E-state index in [0.717, 1.165) is 11.5 Å². The zero-order valence-corrected chi connectivity index (χ0v) is 12.6. The lowest BCUT2D eigenvalue weighted by molar-refractivity contribution is 0.279. The molecule has 0 amide bonds. The standard InChI is InChI=1S/C15H21NO.ClH/c1-14(2,3)12-8-6-11(7-9-12)13-16-15(4,5)10-17-13;/h6-9H,10H2,1-5H3;1H. The first-order valence-corrected chi connectivity index (χ1v) is 6.11. The predicted molar refractivity (Wildman–Crippen MR) is 79.0 cm³/mol. The van der Waals surface area contributed by atoms with E-state index in [9.17, 15) is 0 Å². The Morgan fingerprint density at radius 3 is 2.06 bits per heavy atom. The molecule has 0 atom stereocenters. The summed E-state index contributed by atoms with van der Waals surface area (Å²) in [4.78, 5) is 4.58. The number of hydrogen-bond acceptors (Lipinski definition) is 2. The molecule has 0 aliphatic carbocycles. The first kappa shape index (κ1) is 15.0. The zero-order valence-electron chi connectivity index (χ0n) is 11.8. The Hall–Kier alpha value is -1.02. The van der Waals surface area contributed by atoms with Gasteiger partial charge in [-0.1, -0.05) is 32.9 Å². The van der Waals surface area contributed by atoms with Crippen LogP contribution in [0.3, 0.4) is 0 Å². The average Bonchev–Trinajstić information content (AvgIpc) is 2.58. The van der Waals surface area contributed by atoms with Gasteiger partial charge in [-0.05, 0) is 37.0 Å². The molecule has 0 bridgehead atoms. The number of nitrogens with zero attached hydrogens (tertiary/aromatic N) is 1. The number of ether oxygens (including phenoxy) is 1. The minimum absolute atomic E-state index is 0. The molecule has 2 nitrogen and oxygen atoms in total. The molecular weight excluding hydrogens is 246 g/mol. The van der Waals surface area contributed by atoms with Crippen molar-refractivity contribution in [2.24, 2.45) is 4.99 Å². The van der Waals surface area contributed by atoms with E-state index in [1.165, 1.54) is 5.56 Å². The summed E-state index contributed by atoms with van der Waals surface area (Å²) in [7, 11) is 0. The molecule has 1 heterocycles. The topological polar surface area (TPSA) is 21.6 Å². The van der Waals surface area contributed by atoms with Crippen molar-refractivity contribution in [2.45, 2.75) is 45.6 Å². The fraction of sp³-hybridized carbons (Fsp3) is 0.533. The Kier molecular flexibility index (Phi) is 4.12. The van der Waals surface area contributed by atoms with E-state index in [2.05, 4.69) is 63.9 Å². The van der Waals surface area contributed by atoms with Crippen LogP contribution in [0, 0.1) is 0 Å². The first-order chi connectivity index (χ1) is 7.78. The fourth-order valence-electron chi connectivity index (χ4n) is 1.85. The van der Waals surface area contributed by atoms with Crippen LogP contribution < -0.4 is 0 Å². The summed E-state index contributed by atoms with van der Waals surface area (Å²) >= 11 is 0. The number of benzene rings is 1. The van der Waals surface area contributed by atoms with Gasteiger partial charge in [0.25, 0.3) is 0 Å². The van der Waals surface area contributed by atoms with Gasteiger partial charge in [0, 0.05) is 5.56 Å². The minimum Gasteiger partial charge on any atom is -0.475 e. The Balaban J connectivity index is 0.00000162. The summed E-state index contributed by atoms with van der Waals surface area (Å²) < 4.78 is 5.63. The third-order valence-corrected chi connectivity index (χ3v) is 2.96. The van der Waals surface area contributed by atoms with Crippen molar-refractivity contribution < 1.29 is 4.74 Å². The van der Waals surface area contributed by atoms with Gasteiger partial charge in [-0.3, -0.25) is 0 Å². The SMILES string of the molecule is CC1(C)COC(c2ccc(C(C)(C)C)cc2)=N1.Cl. The number of halogens is 1. The van der Waals surface area contributed by atoms with Gasteiger partial charge in [0.15, 0.2) is 0 Å². The van der Waals surface area contributed by atoms with Crippen LogP contribution in [0.2, 0.25) is 0 Å². The summed E-state index contributed by atoms with van der Waals surface area (Å²) in [6.07, 6.45) is 0. The molecular formula is C15H22ClNO. The zero-order chi connectivity index (χ0) is 12.7. The van der Waals surface area contributed by atoms with Crippen LogP contribution in [0.25, 0.3) is 0 Å². The molecule has 1 aromatic carbocycles. The maximum Gasteiger partial charge on any atom is 0.216 e. The molecule has 0 spiro atoms. The number of aliphatic imine (C=N–C) groups is 1. The number of rotatable bonds is 1. The first-order valence-electron chi connectivity index (χ1n) is 6.11. The molecule has 0 saturated heterocycles.